The summed E-state index contributed by atoms with van der Waals surface area (Å²) in [5.41, 5.74) is 2.87. The molecule has 0 spiro atoms. The van der Waals surface area contributed by atoms with Gasteiger partial charge in [-0.15, -0.1) is 0 Å². The van der Waals surface area contributed by atoms with Gasteiger partial charge in [0.25, 0.3) is 0 Å². The minimum Gasteiger partial charge on any atom is -0.335 e. The quantitative estimate of drug-likeness (QED) is 0.578. The fourth-order valence-electron chi connectivity index (χ4n) is 5.67. The Kier molecular flexibility index (Phi) is 6.36. The Balaban J connectivity index is 0.000000161. The first-order chi connectivity index (χ1) is 13.3. The summed E-state index contributed by atoms with van der Waals surface area (Å²) in [5.74, 6) is 2.53. The lowest BCUT2D eigenvalue weighted by atomic mass is 9.85. The van der Waals surface area contributed by atoms with Crippen molar-refractivity contribution in [2.75, 3.05) is 13.1 Å². The molecule has 0 aromatic rings. The topological polar surface area (TPSA) is 40.6 Å². The van der Waals surface area contributed by atoms with E-state index in [0.29, 0.717) is 35.7 Å². The Morgan fingerprint density at radius 3 is 1.39 bits per heavy atom. The van der Waals surface area contributed by atoms with Gasteiger partial charge in [0.15, 0.2) is 0 Å². The summed E-state index contributed by atoms with van der Waals surface area (Å²) in [6, 6.07) is 0.981. The van der Waals surface area contributed by atoms with Crippen molar-refractivity contribution in [2.24, 2.45) is 23.7 Å². The summed E-state index contributed by atoms with van der Waals surface area (Å²) in [7, 11) is 0. The molecule has 0 aliphatic carbocycles. The second-order valence-electron chi connectivity index (χ2n) is 9.60. The van der Waals surface area contributed by atoms with Crippen molar-refractivity contribution in [2.45, 2.75) is 79.3 Å². The van der Waals surface area contributed by atoms with Crippen LogP contribution in [0.3, 0.4) is 0 Å². The SMILES string of the molecule is C/C=C1/C[C@H]2C(C)CC(C)C(=O)N2C1.C/C=C1\C[C@H]2C(C)CC(C)C(=O)N2C1. The summed E-state index contributed by atoms with van der Waals surface area (Å²) in [6.45, 7) is 14.6. The maximum absolute atomic E-state index is 11.9. The number of nitrogens with zero attached hydrogens (tertiary/aromatic N) is 2. The van der Waals surface area contributed by atoms with Crippen LogP contribution in [0.1, 0.15) is 67.2 Å². The van der Waals surface area contributed by atoms with Crippen molar-refractivity contribution < 1.29 is 9.59 Å². The van der Waals surface area contributed by atoms with Crippen molar-refractivity contribution in [3.8, 4) is 0 Å². The normalized spacial score (nSPS) is 40.5. The molecule has 2 amide bonds. The van der Waals surface area contributed by atoms with Crippen LogP contribution in [0.15, 0.2) is 23.3 Å². The Hall–Kier alpha value is -1.58. The lowest BCUT2D eigenvalue weighted by Crippen LogP contribution is -2.47. The highest BCUT2D eigenvalue weighted by molar-refractivity contribution is 5.81. The highest BCUT2D eigenvalue weighted by Gasteiger charge is 2.42. The Morgan fingerprint density at radius 2 is 1.07 bits per heavy atom. The van der Waals surface area contributed by atoms with Gasteiger partial charge in [0.2, 0.25) is 11.8 Å². The van der Waals surface area contributed by atoms with E-state index in [1.54, 1.807) is 0 Å². The molecule has 0 radical (unpaired) electrons. The summed E-state index contributed by atoms with van der Waals surface area (Å²) < 4.78 is 0. The molecule has 28 heavy (non-hydrogen) atoms. The number of carbonyl (C=O) groups excluding carboxylic acids is 2. The first-order valence-electron chi connectivity index (χ1n) is 11.2. The van der Waals surface area contributed by atoms with Crippen LogP contribution in [0.5, 0.6) is 0 Å². The van der Waals surface area contributed by atoms with E-state index in [1.165, 1.54) is 11.1 Å². The number of piperidine rings is 2. The second kappa shape index (κ2) is 8.42. The molecule has 4 nitrogen and oxygen atoms in total. The van der Waals surface area contributed by atoms with E-state index < -0.39 is 0 Å². The molecule has 0 aromatic heterocycles. The third kappa shape index (κ3) is 3.92. The molecule has 6 atom stereocenters. The average molecular weight is 387 g/mol. The van der Waals surface area contributed by atoms with E-state index in [0.717, 1.165) is 38.8 Å². The summed E-state index contributed by atoms with van der Waals surface area (Å²) in [4.78, 5) is 28.0. The standard InChI is InChI=1S/2C12H19NO/c2*1-4-10-6-11-8(2)5-9(3)12(14)13(11)7-10/h2*4,8-9,11H,5-7H2,1-3H3/b10-4+;10-4-/t2*8?,9?,11-/m00/s1. The number of amides is 2. The molecule has 4 heterocycles. The molecule has 156 valence electrons. The average Bonchev–Trinajstić information content (AvgIpc) is 3.30. The zero-order valence-electron chi connectivity index (χ0n) is 18.6. The smallest absolute Gasteiger partial charge is 0.225 e. The van der Waals surface area contributed by atoms with Gasteiger partial charge in [-0.3, -0.25) is 9.59 Å². The highest BCUT2D eigenvalue weighted by Crippen LogP contribution is 2.37. The zero-order chi connectivity index (χ0) is 20.6. The lowest BCUT2D eigenvalue weighted by molar-refractivity contribution is -0.141. The van der Waals surface area contributed by atoms with Crippen molar-refractivity contribution in [1.82, 2.24) is 9.80 Å². The minimum atomic E-state index is 0.234. The zero-order valence-corrected chi connectivity index (χ0v) is 18.6. The van der Waals surface area contributed by atoms with Gasteiger partial charge >= 0.3 is 0 Å². The largest absolute Gasteiger partial charge is 0.335 e. The number of allylic oxidation sites excluding steroid dienone is 2. The fourth-order valence-corrected chi connectivity index (χ4v) is 5.67. The van der Waals surface area contributed by atoms with Crippen molar-refractivity contribution in [3.05, 3.63) is 23.3 Å². The number of fused-ring (bicyclic) bond motifs is 2. The minimum absolute atomic E-state index is 0.234. The van der Waals surface area contributed by atoms with Gasteiger partial charge in [-0.25, -0.2) is 0 Å². The molecule has 0 N–H and O–H groups in total. The Morgan fingerprint density at radius 1 is 0.714 bits per heavy atom. The molecule has 4 aliphatic rings. The predicted octanol–water partition coefficient (Wildman–Crippen LogP) is 4.42. The van der Waals surface area contributed by atoms with E-state index >= 15 is 0 Å². The maximum atomic E-state index is 11.9. The van der Waals surface area contributed by atoms with Crippen LogP contribution >= 0.6 is 0 Å². The molecule has 4 unspecified atom stereocenters. The maximum Gasteiger partial charge on any atom is 0.225 e. The van der Waals surface area contributed by atoms with Crippen LogP contribution in [-0.2, 0) is 9.59 Å². The van der Waals surface area contributed by atoms with Crippen LogP contribution in [-0.4, -0.2) is 46.8 Å². The van der Waals surface area contributed by atoms with Crippen LogP contribution in [0, 0.1) is 23.7 Å². The van der Waals surface area contributed by atoms with Crippen LogP contribution in [0.2, 0.25) is 0 Å². The molecule has 4 heteroatoms. The molecule has 4 aliphatic heterocycles. The van der Waals surface area contributed by atoms with Gasteiger partial charge in [0.05, 0.1) is 0 Å². The molecule has 0 saturated carbocycles. The molecule has 4 fully saturated rings. The van der Waals surface area contributed by atoms with Crippen LogP contribution in [0.4, 0.5) is 0 Å². The third-order valence-electron chi connectivity index (χ3n) is 7.48. The lowest BCUT2D eigenvalue weighted by Gasteiger charge is -2.37. The Bertz CT molecular complexity index is 622. The van der Waals surface area contributed by atoms with E-state index in [9.17, 15) is 9.59 Å². The van der Waals surface area contributed by atoms with Gasteiger partial charge in [-0.05, 0) is 51.4 Å². The monoisotopic (exact) mass is 386 g/mol. The Labute approximate surface area is 171 Å². The van der Waals surface area contributed by atoms with Gasteiger partial charge < -0.3 is 9.80 Å². The third-order valence-corrected chi connectivity index (χ3v) is 7.48. The first-order valence-corrected chi connectivity index (χ1v) is 11.2. The van der Waals surface area contributed by atoms with E-state index in [1.807, 2.05) is 0 Å². The van der Waals surface area contributed by atoms with E-state index in [4.69, 9.17) is 0 Å². The van der Waals surface area contributed by atoms with Gasteiger partial charge in [-0.1, -0.05) is 51.0 Å². The van der Waals surface area contributed by atoms with Gasteiger partial charge in [0, 0.05) is 37.0 Å². The van der Waals surface area contributed by atoms with Crippen molar-refractivity contribution >= 4 is 11.8 Å². The molecule has 0 bridgehead atoms. The molecular weight excluding hydrogens is 348 g/mol. The van der Waals surface area contributed by atoms with Crippen LogP contribution < -0.4 is 0 Å². The number of carbonyl (C=O) groups is 2. The summed E-state index contributed by atoms with van der Waals surface area (Å²) in [6.07, 6.45) is 8.69. The number of rotatable bonds is 0. The molecular formula is C24H38N2O2. The molecule has 4 rings (SSSR count). The first kappa shape index (κ1) is 21.1. The summed E-state index contributed by atoms with van der Waals surface area (Å²) >= 11 is 0. The number of hydrogen-bond donors (Lipinski definition) is 0. The number of hydrogen-bond acceptors (Lipinski definition) is 2. The van der Waals surface area contributed by atoms with E-state index in [2.05, 4.69) is 63.5 Å². The second-order valence-corrected chi connectivity index (χ2v) is 9.60. The molecule has 0 aromatic carbocycles. The van der Waals surface area contributed by atoms with Gasteiger partial charge in [-0.2, -0.15) is 0 Å². The predicted molar refractivity (Wildman–Crippen MR) is 114 cm³/mol. The van der Waals surface area contributed by atoms with Crippen LogP contribution in [0.25, 0.3) is 0 Å². The molecule has 4 saturated heterocycles. The van der Waals surface area contributed by atoms with Crippen molar-refractivity contribution in [1.29, 1.82) is 0 Å². The van der Waals surface area contributed by atoms with Gasteiger partial charge in [0.1, 0.15) is 0 Å². The summed E-state index contributed by atoms with van der Waals surface area (Å²) in [5, 5.41) is 0. The van der Waals surface area contributed by atoms with E-state index in [-0.39, 0.29) is 11.8 Å². The fraction of sp³-hybridized carbons (Fsp3) is 0.750. The highest BCUT2D eigenvalue weighted by atomic mass is 16.2. The van der Waals surface area contributed by atoms with Crippen molar-refractivity contribution in [3.63, 3.8) is 0 Å².